The monoisotopic (exact) mass is 395 g/mol. The number of methoxy groups -OCH3 is 1. The van der Waals surface area contributed by atoms with Gasteiger partial charge in [0.15, 0.2) is 5.96 Å². The number of nitrogens with one attached hydrogen (secondary N) is 1. The zero-order chi connectivity index (χ0) is 20.9. The Morgan fingerprint density at radius 1 is 1.25 bits per heavy atom. The summed E-state index contributed by atoms with van der Waals surface area (Å²) in [7, 11) is 7.43. The second-order valence-corrected chi connectivity index (χ2v) is 8.11. The van der Waals surface area contributed by atoms with E-state index < -0.39 is 0 Å². The fraction of sp³-hybridized carbons (Fsp3) is 0.810. The minimum Gasteiger partial charge on any atom is -0.383 e. The molecule has 1 N–H and O–H groups in total. The fourth-order valence-corrected chi connectivity index (χ4v) is 3.22. The minimum atomic E-state index is 0.0158. The van der Waals surface area contributed by atoms with E-state index in [1.54, 1.807) is 26.1 Å². The van der Waals surface area contributed by atoms with Gasteiger partial charge in [0.05, 0.1) is 6.61 Å². The number of aliphatic imine (C=N–C) groups is 1. The van der Waals surface area contributed by atoms with Crippen LogP contribution in [0.1, 0.15) is 32.6 Å². The first-order valence-electron chi connectivity index (χ1n) is 10.4. The van der Waals surface area contributed by atoms with Crippen molar-refractivity contribution in [3.63, 3.8) is 0 Å². The largest absolute Gasteiger partial charge is 0.383 e. The molecule has 0 aliphatic carbocycles. The van der Waals surface area contributed by atoms with E-state index in [0.717, 1.165) is 50.2 Å². The van der Waals surface area contributed by atoms with E-state index in [-0.39, 0.29) is 12.5 Å². The van der Waals surface area contributed by atoms with Crippen molar-refractivity contribution in [2.75, 3.05) is 74.1 Å². The van der Waals surface area contributed by atoms with Crippen LogP contribution in [0.4, 0.5) is 0 Å². The maximum atomic E-state index is 11.9. The lowest BCUT2D eigenvalue weighted by Gasteiger charge is -2.34. The maximum Gasteiger partial charge on any atom is 0.243 e. The number of hydrogen-bond donors (Lipinski definition) is 1. The van der Waals surface area contributed by atoms with Gasteiger partial charge >= 0.3 is 0 Å². The molecule has 0 aromatic heterocycles. The number of guanidine groups is 1. The Morgan fingerprint density at radius 2 is 1.93 bits per heavy atom. The summed E-state index contributed by atoms with van der Waals surface area (Å²) in [6.45, 7) is 11.7. The maximum absolute atomic E-state index is 11.9. The molecule has 28 heavy (non-hydrogen) atoms. The van der Waals surface area contributed by atoms with E-state index in [1.807, 2.05) is 6.92 Å². The van der Waals surface area contributed by atoms with E-state index >= 15 is 0 Å². The van der Waals surface area contributed by atoms with E-state index in [0.29, 0.717) is 6.54 Å². The highest BCUT2D eigenvalue weighted by atomic mass is 16.5. The first-order chi connectivity index (χ1) is 13.3. The molecular formula is C21H41N5O2. The summed E-state index contributed by atoms with van der Waals surface area (Å²) in [6.07, 6.45) is 4.86. The Morgan fingerprint density at radius 3 is 2.50 bits per heavy atom. The lowest BCUT2D eigenvalue weighted by atomic mass is 9.92. The number of hydrogen-bond acceptors (Lipinski definition) is 4. The van der Waals surface area contributed by atoms with Crippen LogP contribution < -0.4 is 5.32 Å². The van der Waals surface area contributed by atoms with E-state index in [2.05, 4.69) is 33.7 Å². The van der Waals surface area contributed by atoms with Gasteiger partial charge < -0.3 is 24.8 Å². The molecular weight excluding hydrogens is 354 g/mol. The van der Waals surface area contributed by atoms with Crippen LogP contribution in [-0.2, 0) is 9.53 Å². The first kappa shape index (κ1) is 24.4. The highest BCUT2D eigenvalue weighted by Gasteiger charge is 2.21. The van der Waals surface area contributed by atoms with Crippen LogP contribution in [0.5, 0.6) is 0 Å². The minimum absolute atomic E-state index is 0.0158. The number of carbonyl (C=O) groups is 1. The first-order valence-corrected chi connectivity index (χ1v) is 10.4. The van der Waals surface area contributed by atoms with Gasteiger partial charge in [-0.05, 0) is 52.1 Å². The van der Waals surface area contributed by atoms with Gasteiger partial charge in [0, 0.05) is 47.4 Å². The van der Waals surface area contributed by atoms with Crippen LogP contribution in [0, 0.1) is 5.92 Å². The zero-order valence-electron chi connectivity index (χ0n) is 18.7. The van der Waals surface area contributed by atoms with E-state index in [1.165, 1.54) is 25.7 Å². The number of likely N-dealkylation sites (N-methyl/N-ethyl adjacent to an activating group) is 2. The van der Waals surface area contributed by atoms with Crippen molar-refractivity contribution in [3.05, 3.63) is 12.2 Å². The highest BCUT2D eigenvalue weighted by molar-refractivity contribution is 5.85. The molecule has 0 bridgehead atoms. The average Bonchev–Trinajstić information content (AvgIpc) is 2.66. The molecule has 7 heteroatoms. The topological polar surface area (TPSA) is 60.4 Å². The van der Waals surface area contributed by atoms with Crippen LogP contribution >= 0.6 is 0 Å². The Labute approximate surface area is 171 Å². The molecule has 0 saturated carbocycles. The highest BCUT2D eigenvalue weighted by Crippen LogP contribution is 2.22. The summed E-state index contributed by atoms with van der Waals surface area (Å²) in [5, 5.41) is 3.36. The van der Waals surface area contributed by atoms with Crippen LogP contribution in [0.3, 0.4) is 0 Å². The van der Waals surface area contributed by atoms with Crippen LogP contribution in [0.25, 0.3) is 0 Å². The van der Waals surface area contributed by atoms with Crippen molar-refractivity contribution in [2.45, 2.75) is 32.6 Å². The Balaban J connectivity index is 2.45. The second kappa shape index (κ2) is 13.6. The van der Waals surface area contributed by atoms with Crippen molar-refractivity contribution in [1.82, 2.24) is 20.0 Å². The number of piperidine rings is 1. The molecule has 1 heterocycles. The number of rotatable bonds is 11. The van der Waals surface area contributed by atoms with Gasteiger partial charge in [-0.15, -0.1) is 0 Å². The predicted octanol–water partition coefficient (Wildman–Crippen LogP) is 1.67. The lowest BCUT2D eigenvalue weighted by molar-refractivity contribution is -0.127. The van der Waals surface area contributed by atoms with Gasteiger partial charge in [-0.25, -0.2) is 4.99 Å². The normalized spacial score (nSPS) is 15.8. The second-order valence-electron chi connectivity index (χ2n) is 8.11. The number of likely N-dealkylation sites (tertiary alicyclic amines) is 1. The number of amides is 1. The van der Waals surface area contributed by atoms with E-state index in [9.17, 15) is 4.79 Å². The van der Waals surface area contributed by atoms with Gasteiger partial charge in [0.25, 0.3) is 0 Å². The number of ether oxygens (including phenoxy) is 1. The molecule has 0 radical (unpaired) electrons. The quantitative estimate of drug-likeness (QED) is 0.328. The summed E-state index contributed by atoms with van der Waals surface area (Å²) in [5.41, 5.74) is 1.05. The summed E-state index contributed by atoms with van der Waals surface area (Å²) in [6, 6.07) is 0. The molecule has 1 aliphatic rings. The van der Waals surface area contributed by atoms with Crippen LogP contribution in [0.2, 0.25) is 0 Å². The van der Waals surface area contributed by atoms with Crippen molar-refractivity contribution < 1.29 is 9.53 Å². The van der Waals surface area contributed by atoms with Gasteiger partial charge in [-0.1, -0.05) is 12.2 Å². The summed E-state index contributed by atoms with van der Waals surface area (Å²) in [4.78, 5) is 22.7. The molecule has 0 unspecified atom stereocenters. The van der Waals surface area contributed by atoms with Crippen molar-refractivity contribution in [3.8, 4) is 0 Å². The average molecular weight is 396 g/mol. The third-order valence-electron chi connectivity index (χ3n) is 5.15. The molecule has 0 spiro atoms. The van der Waals surface area contributed by atoms with Gasteiger partial charge in [0.2, 0.25) is 5.91 Å². The summed E-state index contributed by atoms with van der Waals surface area (Å²) in [5.74, 6) is 1.62. The Kier molecular flexibility index (Phi) is 11.8. The van der Waals surface area contributed by atoms with E-state index in [4.69, 9.17) is 4.74 Å². The van der Waals surface area contributed by atoms with Crippen molar-refractivity contribution >= 4 is 11.9 Å². The Hall–Kier alpha value is -1.60. The van der Waals surface area contributed by atoms with Gasteiger partial charge in [-0.3, -0.25) is 4.79 Å². The van der Waals surface area contributed by atoms with Crippen LogP contribution in [-0.4, -0.2) is 101 Å². The SMILES string of the molecule is C=C(C)CNC(=NCC(=O)N(C)C)N1CCC(CCCN(C)CCOC)CC1. The molecule has 0 aromatic rings. The molecule has 1 fully saturated rings. The summed E-state index contributed by atoms with van der Waals surface area (Å²) >= 11 is 0. The molecule has 162 valence electrons. The fourth-order valence-electron chi connectivity index (χ4n) is 3.22. The molecule has 1 rings (SSSR count). The standard InChI is InChI=1S/C21H41N5O2/c1-18(2)16-22-21(23-17-20(27)24(3)4)26-12-9-19(10-13-26)8-7-11-25(5)14-15-28-6/h19H,1,7-17H2,2-6H3,(H,22,23). The third kappa shape index (κ3) is 10.1. The molecule has 7 nitrogen and oxygen atoms in total. The smallest absolute Gasteiger partial charge is 0.243 e. The van der Waals surface area contributed by atoms with Gasteiger partial charge in [-0.2, -0.15) is 0 Å². The lowest BCUT2D eigenvalue weighted by Crippen LogP contribution is -2.46. The molecule has 1 saturated heterocycles. The number of nitrogens with zero attached hydrogens (tertiary/aromatic N) is 4. The predicted molar refractivity (Wildman–Crippen MR) is 117 cm³/mol. The van der Waals surface area contributed by atoms with Crippen molar-refractivity contribution in [1.29, 1.82) is 0 Å². The third-order valence-corrected chi connectivity index (χ3v) is 5.15. The molecule has 1 aliphatic heterocycles. The Bertz CT molecular complexity index is 499. The molecule has 0 aromatic carbocycles. The van der Waals surface area contributed by atoms with Crippen LogP contribution in [0.15, 0.2) is 17.1 Å². The zero-order valence-corrected chi connectivity index (χ0v) is 18.7. The van der Waals surface area contributed by atoms with Gasteiger partial charge in [0.1, 0.15) is 6.54 Å². The molecule has 1 amide bonds. The summed E-state index contributed by atoms with van der Waals surface area (Å²) < 4.78 is 5.13. The number of carbonyl (C=O) groups excluding carboxylic acids is 1. The van der Waals surface area contributed by atoms with Crippen molar-refractivity contribution in [2.24, 2.45) is 10.9 Å². The molecule has 0 atom stereocenters.